The standard InChI is InChI=1S/C12H23FO/c1-5-7-9(3)12(13)8-11(6-2)10(4)14/h5,9-12,14H,1,6-8H2,2-4H3/t9?,10-,11+,12+/m1/s1. The molecule has 0 aliphatic carbocycles. The van der Waals surface area contributed by atoms with Crippen molar-refractivity contribution in [3.05, 3.63) is 12.7 Å². The van der Waals surface area contributed by atoms with Gasteiger partial charge in [0.2, 0.25) is 0 Å². The highest BCUT2D eigenvalue weighted by Crippen LogP contribution is 2.23. The third-order valence-corrected chi connectivity index (χ3v) is 2.89. The van der Waals surface area contributed by atoms with Gasteiger partial charge in [0.1, 0.15) is 6.17 Å². The summed E-state index contributed by atoms with van der Waals surface area (Å²) in [4.78, 5) is 0. The highest BCUT2D eigenvalue weighted by Gasteiger charge is 2.22. The summed E-state index contributed by atoms with van der Waals surface area (Å²) < 4.78 is 13.6. The monoisotopic (exact) mass is 202 g/mol. The predicted molar refractivity (Wildman–Crippen MR) is 59.0 cm³/mol. The zero-order valence-electron chi connectivity index (χ0n) is 9.54. The number of rotatable bonds is 7. The maximum atomic E-state index is 13.6. The zero-order chi connectivity index (χ0) is 11.1. The van der Waals surface area contributed by atoms with Gasteiger partial charge in [-0.2, -0.15) is 0 Å². The van der Waals surface area contributed by atoms with E-state index < -0.39 is 12.3 Å². The van der Waals surface area contributed by atoms with E-state index in [0.29, 0.717) is 12.8 Å². The summed E-state index contributed by atoms with van der Waals surface area (Å²) in [6.45, 7) is 9.21. The molecule has 1 nitrogen and oxygen atoms in total. The molecule has 0 aliphatic rings. The van der Waals surface area contributed by atoms with Crippen LogP contribution in [0.25, 0.3) is 0 Å². The van der Waals surface area contributed by atoms with Gasteiger partial charge in [-0.05, 0) is 31.6 Å². The molecule has 0 bridgehead atoms. The fourth-order valence-electron chi connectivity index (χ4n) is 1.64. The van der Waals surface area contributed by atoms with Crippen LogP contribution in [0.5, 0.6) is 0 Å². The molecule has 1 N–H and O–H groups in total. The topological polar surface area (TPSA) is 20.2 Å². The minimum Gasteiger partial charge on any atom is -0.393 e. The number of aliphatic hydroxyl groups excluding tert-OH is 1. The third kappa shape index (κ3) is 4.75. The van der Waals surface area contributed by atoms with Crippen LogP contribution < -0.4 is 0 Å². The van der Waals surface area contributed by atoms with Crippen molar-refractivity contribution < 1.29 is 9.50 Å². The first-order valence-electron chi connectivity index (χ1n) is 5.45. The minimum absolute atomic E-state index is 0.0142. The molecule has 0 aromatic heterocycles. The van der Waals surface area contributed by atoms with Crippen LogP contribution in [0.1, 0.15) is 40.0 Å². The summed E-state index contributed by atoms with van der Waals surface area (Å²) in [6, 6.07) is 0. The first kappa shape index (κ1) is 13.6. The number of hydrogen-bond donors (Lipinski definition) is 1. The number of alkyl halides is 1. The van der Waals surface area contributed by atoms with Gasteiger partial charge in [0, 0.05) is 0 Å². The van der Waals surface area contributed by atoms with Gasteiger partial charge < -0.3 is 5.11 Å². The molecule has 0 saturated carbocycles. The van der Waals surface area contributed by atoms with Gasteiger partial charge >= 0.3 is 0 Å². The van der Waals surface area contributed by atoms with Crippen molar-refractivity contribution in [3.63, 3.8) is 0 Å². The van der Waals surface area contributed by atoms with Crippen molar-refractivity contribution in [2.24, 2.45) is 11.8 Å². The fourth-order valence-corrected chi connectivity index (χ4v) is 1.64. The Bertz CT molecular complexity index is 156. The van der Waals surface area contributed by atoms with E-state index in [4.69, 9.17) is 0 Å². The minimum atomic E-state index is -0.826. The molecular weight excluding hydrogens is 179 g/mol. The average Bonchev–Trinajstić information content (AvgIpc) is 2.13. The molecule has 0 radical (unpaired) electrons. The molecule has 0 saturated heterocycles. The molecule has 0 spiro atoms. The summed E-state index contributed by atoms with van der Waals surface area (Å²) in [6.07, 6.45) is 2.52. The molecule has 4 atom stereocenters. The van der Waals surface area contributed by atoms with E-state index in [1.165, 1.54) is 0 Å². The first-order chi connectivity index (χ1) is 6.52. The lowest BCUT2D eigenvalue weighted by Crippen LogP contribution is -2.23. The van der Waals surface area contributed by atoms with Crippen LogP contribution in [-0.2, 0) is 0 Å². The Hall–Kier alpha value is -0.370. The maximum absolute atomic E-state index is 13.6. The van der Waals surface area contributed by atoms with E-state index in [0.717, 1.165) is 6.42 Å². The van der Waals surface area contributed by atoms with Crippen molar-refractivity contribution in [3.8, 4) is 0 Å². The van der Waals surface area contributed by atoms with Gasteiger partial charge in [-0.25, -0.2) is 4.39 Å². The van der Waals surface area contributed by atoms with Crippen LogP contribution in [-0.4, -0.2) is 17.4 Å². The molecule has 0 rings (SSSR count). The van der Waals surface area contributed by atoms with E-state index >= 15 is 0 Å². The smallest absolute Gasteiger partial charge is 0.103 e. The Labute approximate surface area is 87.0 Å². The summed E-state index contributed by atoms with van der Waals surface area (Å²) in [5.74, 6) is 0.0950. The molecule has 0 aromatic carbocycles. The number of halogens is 1. The van der Waals surface area contributed by atoms with Gasteiger partial charge in [0.25, 0.3) is 0 Å². The van der Waals surface area contributed by atoms with Crippen molar-refractivity contribution >= 4 is 0 Å². The lowest BCUT2D eigenvalue weighted by atomic mass is 9.89. The highest BCUT2D eigenvalue weighted by molar-refractivity contribution is 4.78. The van der Waals surface area contributed by atoms with Gasteiger partial charge in [-0.15, -0.1) is 6.58 Å². The largest absolute Gasteiger partial charge is 0.393 e. The van der Waals surface area contributed by atoms with E-state index in [-0.39, 0.29) is 11.8 Å². The van der Waals surface area contributed by atoms with E-state index in [1.807, 2.05) is 13.8 Å². The van der Waals surface area contributed by atoms with Crippen molar-refractivity contribution in [1.29, 1.82) is 0 Å². The Morgan fingerprint density at radius 1 is 1.43 bits per heavy atom. The number of allylic oxidation sites excluding steroid dienone is 1. The summed E-state index contributed by atoms with van der Waals surface area (Å²) >= 11 is 0. The zero-order valence-corrected chi connectivity index (χ0v) is 9.54. The molecule has 1 unspecified atom stereocenters. The SMILES string of the molecule is C=CCC(C)[C@@H](F)C[C@H](CC)[C@@H](C)O. The quantitative estimate of drug-likeness (QED) is 0.628. The third-order valence-electron chi connectivity index (χ3n) is 2.89. The molecule has 0 fully saturated rings. The Kier molecular flexibility index (Phi) is 6.81. The van der Waals surface area contributed by atoms with Crippen LogP contribution in [0.4, 0.5) is 4.39 Å². The van der Waals surface area contributed by atoms with Crippen LogP contribution >= 0.6 is 0 Å². The Morgan fingerprint density at radius 3 is 2.36 bits per heavy atom. The summed E-state index contributed by atoms with van der Waals surface area (Å²) in [5, 5.41) is 9.39. The van der Waals surface area contributed by atoms with E-state index in [9.17, 15) is 9.50 Å². The molecule has 0 aliphatic heterocycles. The molecule has 0 aromatic rings. The average molecular weight is 202 g/mol. The summed E-state index contributed by atoms with van der Waals surface area (Å²) in [7, 11) is 0. The van der Waals surface area contributed by atoms with Crippen molar-refractivity contribution in [2.45, 2.75) is 52.3 Å². The van der Waals surface area contributed by atoms with Crippen LogP contribution in [0.3, 0.4) is 0 Å². The summed E-state index contributed by atoms with van der Waals surface area (Å²) in [5.41, 5.74) is 0. The van der Waals surface area contributed by atoms with Crippen LogP contribution in [0.15, 0.2) is 12.7 Å². The second kappa shape index (κ2) is 6.99. The molecule has 2 heteroatoms. The first-order valence-corrected chi connectivity index (χ1v) is 5.45. The molecule has 84 valence electrons. The van der Waals surface area contributed by atoms with Crippen molar-refractivity contribution in [2.75, 3.05) is 0 Å². The highest BCUT2D eigenvalue weighted by atomic mass is 19.1. The molecule has 0 heterocycles. The van der Waals surface area contributed by atoms with Crippen LogP contribution in [0.2, 0.25) is 0 Å². The molecule has 0 amide bonds. The number of hydrogen-bond acceptors (Lipinski definition) is 1. The lowest BCUT2D eigenvalue weighted by molar-refractivity contribution is 0.0856. The molecule has 14 heavy (non-hydrogen) atoms. The second-order valence-electron chi connectivity index (χ2n) is 4.16. The molecular formula is C12H23FO. The lowest BCUT2D eigenvalue weighted by Gasteiger charge is -2.23. The second-order valence-corrected chi connectivity index (χ2v) is 4.16. The Morgan fingerprint density at radius 2 is 2.00 bits per heavy atom. The fraction of sp³-hybridized carbons (Fsp3) is 0.833. The normalized spacial score (nSPS) is 19.8. The van der Waals surface area contributed by atoms with Gasteiger partial charge in [-0.1, -0.05) is 26.3 Å². The Balaban J connectivity index is 4.00. The van der Waals surface area contributed by atoms with Gasteiger partial charge in [0.15, 0.2) is 0 Å². The number of aliphatic hydroxyl groups is 1. The maximum Gasteiger partial charge on any atom is 0.103 e. The van der Waals surface area contributed by atoms with E-state index in [1.54, 1.807) is 13.0 Å². The van der Waals surface area contributed by atoms with Gasteiger partial charge in [0.05, 0.1) is 6.10 Å². The van der Waals surface area contributed by atoms with Crippen LogP contribution in [0, 0.1) is 11.8 Å². The van der Waals surface area contributed by atoms with Crippen molar-refractivity contribution in [1.82, 2.24) is 0 Å². The predicted octanol–water partition coefficient (Wildman–Crippen LogP) is 3.33. The van der Waals surface area contributed by atoms with Gasteiger partial charge in [-0.3, -0.25) is 0 Å². The van der Waals surface area contributed by atoms with E-state index in [2.05, 4.69) is 6.58 Å².